The molecule has 0 spiro atoms. The van der Waals surface area contributed by atoms with Gasteiger partial charge in [0.1, 0.15) is 17.4 Å². The van der Waals surface area contributed by atoms with Crippen LogP contribution in [0.5, 0.6) is 11.6 Å². The van der Waals surface area contributed by atoms with Crippen molar-refractivity contribution in [1.29, 1.82) is 0 Å². The minimum atomic E-state index is -0.496. The molecule has 1 N–H and O–H groups in total. The highest BCUT2D eigenvalue weighted by molar-refractivity contribution is 6.30. The SMILES string of the molecule is CCNc1cn2ccnc2c(Oc2ccc(F)c(Cl)c2)n1. The zero-order valence-corrected chi connectivity index (χ0v) is 11.9. The fourth-order valence-corrected chi connectivity index (χ4v) is 2.06. The Kier molecular flexibility index (Phi) is 3.62. The molecule has 7 heteroatoms. The molecule has 3 rings (SSSR count). The van der Waals surface area contributed by atoms with E-state index in [0.717, 1.165) is 6.54 Å². The molecule has 0 aliphatic heterocycles. The van der Waals surface area contributed by atoms with E-state index in [1.165, 1.54) is 18.2 Å². The normalized spacial score (nSPS) is 10.8. The summed E-state index contributed by atoms with van der Waals surface area (Å²) in [6.07, 6.45) is 5.26. The molecule has 0 saturated heterocycles. The molecule has 108 valence electrons. The van der Waals surface area contributed by atoms with Crippen LogP contribution in [0.4, 0.5) is 10.2 Å². The molecule has 0 atom stereocenters. The Morgan fingerprint density at radius 3 is 3.05 bits per heavy atom. The Labute approximate surface area is 125 Å². The van der Waals surface area contributed by atoms with Crippen molar-refractivity contribution in [2.75, 3.05) is 11.9 Å². The minimum Gasteiger partial charge on any atom is -0.436 e. The van der Waals surface area contributed by atoms with Crippen molar-refractivity contribution in [3.05, 3.63) is 47.6 Å². The Morgan fingerprint density at radius 1 is 1.43 bits per heavy atom. The molecule has 0 bridgehead atoms. The van der Waals surface area contributed by atoms with E-state index >= 15 is 0 Å². The third-order valence-corrected chi connectivity index (χ3v) is 3.10. The van der Waals surface area contributed by atoms with E-state index < -0.39 is 5.82 Å². The van der Waals surface area contributed by atoms with Crippen LogP contribution in [0.2, 0.25) is 5.02 Å². The number of nitrogens with zero attached hydrogens (tertiary/aromatic N) is 3. The average Bonchev–Trinajstić information content (AvgIpc) is 2.92. The number of halogens is 2. The van der Waals surface area contributed by atoms with Gasteiger partial charge in [0.15, 0.2) is 0 Å². The summed E-state index contributed by atoms with van der Waals surface area (Å²) in [4.78, 5) is 8.55. The Hall–Kier alpha value is -2.34. The second-order valence-corrected chi connectivity index (χ2v) is 4.70. The van der Waals surface area contributed by atoms with Crippen molar-refractivity contribution in [2.45, 2.75) is 6.92 Å². The first-order valence-electron chi connectivity index (χ1n) is 6.38. The maximum absolute atomic E-state index is 13.2. The number of rotatable bonds is 4. The third-order valence-electron chi connectivity index (χ3n) is 2.81. The third kappa shape index (κ3) is 2.75. The second-order valence-electron chi connectivity index (χ2n) is 4.30. The molecule has 2 aromatic heterocycles. The van der Waals surface area contributed by atoms with E-state index in [2.05, 4.69) is 15.3 Å². The summed E-state index contributed by atoms with van der Waals surface area (Å²) < 4.78 is 20.7. The zero-order chi connectivity index (χ0) is 14.8. The van der Waals surface area contributed by atoms with Crippen molar-refractivity contribution < 1.29 is 9.13 Å². The van der Waals surface area contributed by atoms with Crippen molar-refractivity contribution in [2.24, 2.45) is 0 Å². The van der Waals surface area contributed by atoms with Gasteiger partial charge in [-0.25, -0.2) is 9.37 Å². The van der Waals surface area contributed by atoms with Gasteiger partial charge in [-0.05, 0) is 19.1 Å². The van der Waals surface area contributed by atoms with Gasteiger partial charge in [0.2, 0.25) is 5.65 Å². The first kappa shape index (κ1) is 13.6. The number of nitrogens with one attached hydrogen (secondary N) is 1. The van der Waals surface area contributed by atoms with Crippen molar-refractivity contribution >= 4 is 23.1 Å². The minimum absolute atomic E-state index is 0.00491. The predicted molar refractivity (Wildman–Crippen MR) is 78.6 cm³/mol. The lowest BCUT2D eigenvalue weighted by Crippen LogP contribution is -2.03. The molecule has 1 aromatic carbocycles. The van der Waals surface area contributed by atoms with Gasteiger partial charge in [0.05, 0.1) is 11.2 Å². The second kappa shape index (κ2) is 5.57. The molecule has 3 aromatic rings. The van der Waals surface area contributed by atoms with Crippen LogP contribution in [0.15, 0.2) is 36.8 Å². The number of ether oxygens (including phenoxy) is 1. The van der Waals surface area contributed by atoms with E-state index in [-0.39, 0.29) is 5.02 Å². The molecule has 0 radical (unpaired) electrons. The van der Waals surface area contributed by atoms with E-state index in [9.17, 15) is 4.39 Å². The molecule has 0 aliphatic rings. The Balaban J connectivity index is 2.01. The van der Waals surface area contributed by atoms with Crippen molar-refractivity contribution in [3.8, 4) is 11.6 Å². The van der Waals surface area contributed by atoms with Crippen molar-refractivity contribution in [3.63, 3.8) is 0 Å². The average molecular weight is 307 g/mol. The summed E-state index contributed by atoms with van der Waals surface area (Å²) >= 11 is 5.75. The van der Waals surface area contributed by atoms with E-state index in [0.29, 0.717) is 23.1 Å². The molecule has 0 fully saturated rings. The number of hydrogen-bond acceptors (Lipinski definition) is 4. The van der Waals surface area contributed by atoms with E-state index in [1.54, 1.807) is 16.8 Å². The molecule has 0 amide bonds. The van der Waals surface area contributed by atoms with E-state index in [1.807, 2.05) is 13.1 Å². The molecular weight excluding hydrogens is 295 g/mol. The fraction of sp³-hybridized carbons (Fsp3) is 0.143. The van der Waals surface area contributed by atoms with Gasteiger partial charge >= 0.3 is 0 Å². The number of imidazole rings is 1. The highest BCUT2D eigenvalue weighted by Gasteiger charge is 2.11. The molecule has 0 unspecified atom stereocenters. The first-order valence-corrected chi connectivity index (χ1v) is 6.75. The standard InChI is InChI=1S/C14H12ClFN4O/c1-2-17-12-8-20-6-5-18-13(20)14(19-12)21-9-3-4-11(16)10(15)7-9/h3-8,17H,2H2,1H3. The molecular formula is C14H12ClFN4O. The lowest BCUT2D eigenvalue weighted by molar-refractivity contribution is 0.464. The van der Waals surface area contributed by atoms with Gasteiger partial charge in [-0.15, -0.1) is 0 Å². The van der Waals surface area contributed by atoms with Gasteiger partial charge < -0.3 is 10.1 Å². The van der Waals surface area contributed by atoms with Crippen LogP contribution in [0.25, 0.3) is 5.65 Å². The van der Waals surface area contributed by atoms with Gasteiger partial charge in [-0.2, -0.15) is 4.98 Å². The fourth-order valence-electron chi connectivity index (χ4n) is 1.89. The largest absolute Gasteiger partial charge is 0.436 e. The quantitative estimate of drug-likeness (QED) is 0.797. The van der Waals surface area contributed by atoms with Gasteiger partial charge in [0.25, 0.3) is 5.88 Å². The highest BCUT2D eigenvalue weighted by atomic mass is 35.5. The van der Waals surface area contributed by atoms with Gasteiger partial charge in [-0.1, -0.05) is 11.6 Å². The van der Waals surface area contributed by atoms with Gasteiger partial charge in [-0.3, -0.25) is 4.40 Å². The van der Waals surface area contributed by atoms with E-state index in [4.69, 9.17) is 16.3 Å². The summed E-state index contributed by atoms with van der Waals surface area (Å²) in [7, 11) is 0. The van der Waals surface area contributed by atoms with Crippen LogP contribution < -0.4 is 10.1 Å². The predicted octanol–water partition coefficient (Wildman–Crippen LogP) is 3.75. The number of anilines is 1. The molecule has 21 heavy (non-hydrogen) atoms. The van der Waals surface area contributed by atoms with Crippen LogP contribution in [-0.2, 0) is 0 Å². The molecule has 0 aliphatic carbocycles. The van der Waals surface area contributed by atoms with Crippen LogP contribution in [0.3, 0.4) is 0 Å². The van der Waals surface area contributed by atoms with Crippen LogP contribution in [0, 0.1) is 5.82 Å². The van der Waals surface area contributed by atoms with Crippen LogP contribution in [0.1, 0.15) is 6.92 Å². The zero-order valence-electron chi connectivity index (χ0n) is 11.2. The first-order chi connectivity index (χ1) is 10.2. The lowest BCUT2D eigenvalue weighted by atomic mass is 10.3. The van der Waals surface area contributed by atoms with Crippen molar-refractivity contribution in [1.82, 2.24) is 14.4 Å². The summed E-state index contributed by atoms with van der Waals surface area (Å²) in [6, 6.07) is 4.13. The maximum atomic E-state index is 13.2. The summed E-state index contributed by atoms with van der Waals surface area (Å²) in [5.74, 6) is 0.879. The van der Waals surface area contributed by atoms with Crippen LogP contribution >= 0.6 is 11.6 Å². The Bertz CT molecular complexity index is 790. The summed E-state index contributed by atoms with van der Waals surface area (Å²) in [6.45, 7) is 2.70. The smallest absolute Gasteiger partial charge is 0.265 e. The van der Waals surface area contributed by atoms with Crippen LogP contribution in [-0.4, -0.2) is 20.9 Å². The highest BCUT2D eigenvalue weighted by Crippen LogP contribution is 2.28. The summed E-state index contributed by atoms with van der Waals surface area (Å²) in [5.41, 5.74) is 0.567. The molecule has 0 saturated carbocycles. The number of fused-ring (bicyclic) bond motifs is 1. The lowest BCUT2D eigenvalue weighted by Gasteiger charge is -2.09. The van der Waals surface area contributed by atoms with Gasteiger partial charge in [0, 0.05) is 25.0 Å². The Morgan fingerprint density at radius 2 is 2.29 bits per heavy atom. The number of hydrogen-bond donors (Lipinski definition) is 1. The molecule has 5 nitrogen and oxygen atoms in total. The number of benzene rings is 1. The molecule has 2 heterocycles. The topological polar surface area (TPSA) is 51.5 Å². The maximum Gasteiger partial charge on any atom is 0.265 e. The number of aromatic nitrogens is 3. The summed E-state index contributed by atoms with van der Waals surface area (Å²) in [5, 5.41) is 3.11. The monoisotopic (exact) mass is 306 g/mol.